The number of aromatic amines is 1. The Hall–Kier alpha value is -2.12. The molecule has 7 heteroatoms. The van der Waals surface area contributed by atoms with Gasteiger partial charge in [-0.3, -0.25) is 4.99 Å². The molecule has 1 aromatic heterocycles. The van der Waals surface area contributed by atoms with E-state index in [-0.39, 0.29) is 5.82 Å². The number of aliphatic imine (C=N–C) groups is 1. The van der Waals surface area contributed by atoms with E-state index in [2.05, 4.69) is 20.6 Å². The van der Waals surface area contributed by atoms with Gasteiger partial charge >= 0.3 is 0 Å². The fourth-order valence-electron chi connectivity index (χ4n) is 2.49. The molecule has 0 amide bonds. The van der Waals surface area contributed by atoms with Crippen molar-refractivity contribution < 1.29 is 13.9 Å². The van der Waals surface area contributed by atoms with E-state index in [0.29, 0.717) is 26.4 Å². The van der Waals surface area contributed by atoms with Crippen molar-refractivity contribution in [3.8, 4) is 0 Å². The number of ether oxygens (including phenoxy) is 2. The first-order valence-corrected chi connectivity index (χ1v) is 8.59. The Morgan fingerprint density at radius 2 is 2.12 bits per heavy atom. The summed E-state index contributed by atoms with van der Waals surface area (Å²) in [6.07, 6.45) is 2.75. The number of methoxy groups -OCH3 is 1. The van der Waals surface area contributed by atoms with Crippen LogP contribution in [0.1, 0.15) is 12.5 Å². The zero-order valence-corrected chi connectivity index (χ0v) is 14.9. The quantitative estimate of drug-likeness (QED) is 0.348. The largest absolute Gasteiger partial charge is 0.382 e. The van der Waals surface area contributed by atoms with E-state index in [4.69, 9.17) is 9.47 Å². The highest BCUT2D eigenvalue weighted by atomic mass is 19.1. The number of H-pyrrole nitrogens is 1. The number of fused-ring (bicyclic) bond motifs is 1. The third-order valence-electron chi connectivity index (χ3n) is 3.70. The van der Waals surface area contributed by atoms with Crippen molar-refractivity contribution in [1.82, 2.24) is 15.6 Å². The first kappa shape index (κ1) is 19.2. The molecule has 0 unspecified atom stereocenters. The molecule has 0 bridgehead atoms. The van der Waals surface area contributed by atoms with Crippen molar-refractivity contribution >= 4 is 16.9 Å². The number of benzene rings is 1. The lowest BCUT2D eigenvalue weighted by atomic mass is 10.1. The third kappa shape index (κ3) is 6.36. The van der Waals surface area contributed by atoms with Gasteiger partial charge in [0, 0.05) is 37.3 Å². The topological polar surface area (TPSA) is 70.7 Å². The second-order valence-electron chi connectivity index (χ2n) is 5.55. The van der Waals surface area contributed by atoms with Gasteiger partial charge in [0.1, 0.15) is 5.82 Å². The number of hydrogen-bond acceptors (Lipinski definition) is 3. The highest BCUT2D eigenvalue weighted by molar-refractivity contribution is 5.83. The van der Waals surface area contributed by atoms with Gasteiger partial charge in [-0.15, -0.1) is 0 Å². The van der Waals surface area contributed by atoms with Crippen LogP contribution in [0.25, 0.3) is 10.9 Å². The monoisotopic (exact) mass is 350 g/mol. The summed E-state index contributed by atoms with van der Waals surface area (Å²) in [5.74, 6) is 0.539. The molecule has 6 nitrogen and oxygen atoms in total. The second-order valence-corrected chi connectivity index (χ2v) is 5.55. The lowest BCUT2D eigenvalue weighted by Gasteiger charge is -2.11. The summed E-state index contributed by atoms with van der Waals surface area (Å²) in [5, 5.41) is 7.57. The predicted molar refractivity (Wildman–Crippen MR) is 98.6 cm³/mol. The average Bonchev–Trinajstić information content (AvgIpc) is 3.00. The lowest BCUT2D eigenvalue weighted by Crippen LogP contribution is -2.38. The molecule has 0 fully saturated rings. The Balaban J connectivity index is 1.79. The molecule has 0 radical (unpaired) electrons. The van der Waals surface area contributed by atoms with E-state index in [1.807, 2.05) is 19.2 Å². The van der Waals surface area contributed by atoms with E-state index in [0.717, 1.165) is 41.9 Å². The van der Waals surface area contributed by atoms with Gasteiger partial charge in [0.15, 0.2) is 5.96 Å². The zero-order valence-electron chi connectivity index (χ0n) is 14.9. The first-order valence-electron chi connectivity index (χ1n) is 8.59. The normalized spacial score (nSPS) is 11.9. The molecule has 0 saturated heterocycles. The van der Waals surface area contributed by atoms with Gasteiger partial charge in [-0.1, -0.05) is 0 Å². The standard InChI is InChI=1S/C18H27FN4O2/c1-3-20-18(22-8-9-25-11-10-24-2)21-7-6-14-13-23-17-12-15(19)4-5-16(14)17/h4-5,12-13,23H,3,6-11H2,1-2H3,(H2,20,21,22). The average molecular weight is 350 g/mol. The molecule has 2 aromatic rings. The highest BCUT2D eigenvalue weighted by Crippen LogP contribution is 2.19. The van der Waals surface area contributed by atoms with Crippen molar-refractivity contribution in [2.24, 2.45) is 4.99 Å². The molecule has 0 atom stereocenters. The summed E-state index contributed by atoms with van der Waals surface area (Å²) < 4.78 is 23.6. The van der Waals surface area contributed by atoms with Crippen LogP contribution in [0.4, 0.5) is 4.39 Å². The third-order valence-corrected chi connectivity index (χ3v) is 3.70. The molecule has 1 aromatic carbocycles. The van der Waals surface area contributed by atoms with Gasteiger partial charge in [0.05, 0.1) is 26.4 Å². The molecule has 0 aliphatic heterocycles. The van der Waals surface area contributed by atoms with Gasteiger partial charge in [-0.05, 0) is 37.1 Å². The van der Waals surface area contributed by atoms with Gasteiger partial charge in [-0.25, -0.2) is 4.39 Å². The van der Waals surface area contributed by atoms with Crippen LogP contribution in [0, 0.1) is 5.82 Å². The minimum atomic E-state index is -0.228. The molecule has 0 saturated carbocycles. The van der Waals surface area contributed by atoms with Crippen LogP contribution >= 0.6 is 0 Å². The number of halogens is 1. The van der Waals surface area contributed by atoms with Crippen LogP contribution < -0.4 is 10.6 Å². The predicted octanol–water partition coefficient (Wildman–Crippen LogP) is 2.07. The Morgan fingerprint density at radius 3 is 2.92 bits per heavy atom. The minimum absolute atomic E-state index is 0.228. The fourth-order valence-corrected chi connectivity index (χ4v) is 2.49. The van der Waals surface area contributed by atoms with Gasteiger partial charge in [-0.2, -0.15) is 0 Å². The smallest absolute Gasteiger partial charge is 0.191 e. The summed E-state index contributed by atoms with van der Waals surface area (Å²) in [7, 11) is 1.65. The Morgan fingerprint density at radius 1 is 1.24 bits per heavy atom. The summed E-state index contributed by atoms with van der Waals surface area (Å²) in [6, 6.07) is 4.82. The Bertz CT molecular complexity index is 672. The molecule has 0 aliphatic carbocycles. The van der Waals surface area contributed by atoms with E-state index in [1.54, 1.807) is 7.11 Å². The summed E-state index contributed by atoms with van der Waals surface area (Å²) in [5.41, 5.74) is 1.98. The van der Waals surface area contributed by atoms with Crippen LogP contribution in [-0.2, 0) is 15.9 Å². The van der Waals surface area contributed by atoms with Gasteiger partial charge < -0.3 is 25.1 Å². The zero-order chi connectivity index (χ0) is 17.9. The van der Waals surface area contributed by atoms with Crippen molar-refractivity contribution in [1.29, 1.82) is 0 Å². The minimum Gasteiger partial charge on any atom is -0.382 e. The van der Waals surface area contributed by atoms with E-state index in [9.17, 15) is 4.39 Å². The van der Waals surface area contributed by atoms with Crippen LogP contribution in [-0.4, -0.2) is 57.5 Å². The van der Waals surface area contributed by atoms with E-state index >= 15 is 0 Å². The molecule has 25 heavy (non-hydrogen) atoms. The molecule has 138 valence electrons. The van der Waals surface area contributed by atoms with Gasteiger partial charge in [0.25, 0.3) is 0 Å². The van der Waals surface area contributed by atoms with Crippen molar-refractivity contribution in [2.45, 2.75) is 13.3 Å². The van der Waals surface area contributed by atoms with Crippen LogP contribution in [0.5, 0.6) is 0 Å². The summed E-state index contributed by atoms with van der Waals surface area (Å²) >= 11 is 0. The van der Waals surface area contributed by atoms with Crippen LogP contribution in [0.2, 0.25) is 0 Å². The number of hydrogen-bond donors (Lipinski definition) is 3. The Labute approximate surface area is 147 Å². The maximum Gasteiger partial charge on any atom is 0.191 e. The molecule has 1 heterocycles. The van der Waals surface area contributed by atoms with E-state index in [1.165, 1.54) is 12.1 Å². The maximum atomic E-state index is 13.2. The van der Waals surface area contributed by atoms with Crippen molar-refractivity contribution in [3.63, 3.8) is 0 Å². The number of nitrogens with one attached hydrogen (secondary N) is 3. The van der Waals surface area contributed by atoms with Crippen molar-refractivity contribution in [2.75, 3.05) is 46.6 Å². The molecule has 3 N–H and O–H groups in total. The van der Waals surface area contributed by atoms with Crippen molar-refractivity contribution in [3.05, 3.63) is 35.8 Å². The fraction of sp³-hybridized carbons (Fsp3) is 0.500. The van der Waals surface area contributed by atoms with Crippen LogP contribution in [0.3, 0.4) is 0 Å². The molecule has 0 spiro atoms. The molecule has 2 rings (SSSR count). The number of aromatic nitrogens is 1. The summed E-state index contributed by atoms with van der Waals surface area (Å²) in [4.78, 5) is 7.59. The number of nitrogens with zero attached hydrogens (tertiary/aromatic N) is 1. The van der Waals surface area contributed by atoms with Gasteiger partial charge in [0.2, 0.25) is 0 Å². The Kier molecular flexibility index (Phi) is 8.21. The molecular formula is C18H27FN4O2. The molecule has 0 aliphatic rings. The first-order chi connectivity index (χ1) is 12.2. The maximum absolute atomic E-state index is 13.2. The number of guanidine groups is 1. The second kappa shape index (κ2) is 10.7. The SMILES string of the molecule is CCNC(=NCCOCCOC)NCCc1c[nH]c2cc(F)ccc12. The van der Waals surface area contributed by atoms with Crippen LogP contribution in [0.15, 0.2) is 29.4 Å². The highest BCUT2D eigenvalue weighted by Gasteiger charge is 2.05. The van der Waals surface area contributed by atoms with E-state index < -0.39 is 0 Å². The summed E-state index contributed by atoms with van der Waals surface area (Å²) in [6.45, 7) is 5.89. The molecular weight excluding hydrogens is 323 g/mol. The number of rotatable bonds is 10. The lowest BCUT2D eigenvalue weighted by molar-refractivity contribution is 0.0748.